The second-order valence-electron chi connectivity index (χ2n) is 5.26. The summed E-state index contributed by atoms with van der Waals surface area (Å²) in [5, 5.41) is 12.7. The van der Waals surface area contributed by atoms with Crippen LogP contribution in [0, 0.1) is 5.92 Å². The molecular weight excluding hydrogens is 228 g/mol. The average molecular weight is 248 g/mol. The summed E-state index contributed by atoms with van der Waals surface area (Å²) in [6.45, 7) is 4.08. The number of hydrogen-bond acceptors (Lipinski definition) is 4. The third kappa shape index (κ3) is 2.06. The average Bonchev–Trinajstić information content (AvgIpc) is 2.95. The van der Waals surface area contributed by atoms with Crippen LogP contribution in [0.15, 0.2) is 18.2 Å². The van der Waals surface area contributed by atoms with Gasteiger partial charge in [0.25, 0.3) is 0 Å². The van der Waals surface area contributed by atoms with Crippen molar-refractivity contribution in [1.29, 1.82) is 0 Å². The van der Waals surface area contributed by atoms with Crippen molar-refractivity contribution in [1.82, 2.24) is 10.2 Å². The molecule has 0 bridgehead atoms. The summed E-state index contributed by atoms with van der Waals surface area (Å²) in [7, 11) is 2.01. The van der Waals surface area contributed by atoms with Gasteiger partial charge in [0.05, 0.1) is 6.04 Å². The van der Waals surface area contributed by atoms with Crippen molar-refractivity contribution >= 4 is 0 Å². The number of ether oxygens (including phenoxy) is 1. The van der Waals surface area contributed by atoms with E-state index in [0.29, 0.717) is 12.6 Å². The lowest BCUT2D eigenvalue weighted by Crippen LogP contribution is -2.29. The molecule has 1 saturated heterocycles. The SMILES string of the molecule is CNCC1CCN(C2COc3cc(O)ccc32)C1. The van der Waals surface area contributed by atoms with Crippen LogP contribution in [-0.4, -0.2) is 43.3 Å². The van der Waals surface area contributed by atoms with Gasteiger partial charge in [-0.1, -0.05) is 0 Å². The van der Waals surface area contributed by atoms with Crippen molar-refractivity contribution in [2.75, 3.05) is 33.3 Å². The molecular formula is C14H20N2O2. The van der Waals surface area contributed by atoms with Gasteiger partial charge >= 0.3 is 0 Å². The molecule has 2 atom stereocenters. The maximum atomic E-state index is 9.46. The Bertz CT molecular complexity index is 436. The fourth-order valence-corrected chi connectivity index (χ4v) is 3.08. The van der Waals surface area contributed by atoms with Crippen molar-refractivity contribution < 1.29 is 9.84 Å². The maximum absolute atomic E-state index is 9.46. The van der Waals surface area contributed by atoms with Crippen LogP contribution in [0.2, 0.25) is 0 Å². The second-order valence-corrected chi connectivity index (χ2v) is 5.26. The molecule has 0 aliphatic carbocycles. The number of hydrogen-bond donors (Lipinski definition) is 2. The summed E-state index contributed by atoms with van der Waals surface area (Å²) < 4.78 is 5.68. The van der Waals surface area contributed by atoms with E-state index in [4.69, 9.17) is 4.74 Å². The Hall–Kier alpha value is -1.26. The first-order valence-corrected chi connectivity index (χ1v) is 6.62. The van der Waals surface area contributed by atoms with E-state index in [1.165, 1.54) is 12.0 Å². The first-order chi connectivity index (χ1) is 8.78. The molecule has 2 N–H and O–H groups in total. The number of phenolic OH excluding ortho intramolecular Hbond substituents is 1. The van der Waals surface area contributed by atoms with E-state index < -0.39 is 0 Å². The summed E-state index contributed by atoms with van der Waals surface area (Å²) in [6.07, 6.45) is 1.25. The molecule has 1 fully saturated rings. The number of nitrogens with zero attached hydrogens (tertiary/aromatic N) is 1. The Morgan fingerprint density at radius 2 is 2.39 bits per heavy atom. The number of rotatable bonds is 3. The summed E-state index contributed by atoms with van der Waals surface area (Å²) in [6, 6.07) is 5.83. The van der Waals surface area contributed by atoms with Crippen molar-refractivity contribution in [3.8, 4) is 11.5 Å². The summed E-state index contributed by atoms with van der Waals surface area (Å²) in [4.78, 5) is 2.50. The zero-order valence-electron chi connectivity index (χ0n) is 10.7. The Labute approximate surface area is 108 Å². The van der Waals surface area contributed by atoms with E-state index in [-0.39, 0.29) is 5.75 Å². The van der Waals surface area contributed by atoms with Gasteiger partial charge in [0, 0.05) is 18.2 Å². The largest absolute Gasteiger partial charge is 0.508 e. The molecule has 1 aromatic rings. The topological polar surface area (TPSA) is 44.7 Å². The molecule has 4 nitrogen and oxygen atoms in total. The van der Waals surface area contributed by atoms with E-state index in [1.54, 1.807) is 12.1 Å². The smallest absolute Gasteiger partial charge is 0.127 e. The third-order valence-electron chi connectivity index (χ3n) is 4.00. The predicted octanol–water partition coefficient (Wildman–Crippen LogP) is 1.37. The lowest BCUT2D eigenvalue weighted by Gasteiger charge is -2.22. The Morgan fingerprint density at radius 1 is 1.50 bits per heavy atom. The van der Waals surface area contributed by atoms with Gasteiger partial charge in [0.15, 0.2) is 0 Å². The fraction of sp³-hybridized carbons (Fsp3) is 0.571. The molecule has 2 heterocycles. The van der Waals surface area contributed by atoms with Crippen LogP contribution in [0.5, 0.6) is 11.5 Å². The van der Waals surface area contributed by atoms with Crippen molar-refractivity contribution in [2.24, 2.45) is 5.92 Å². The van der Waals surface area contributed by atoms with E-state index in [2.05, 4.69) is 10.2 Å². The molecule has 2 unspecified atom stereocenters. The van der Waals surface area contributed by atoms with Gasteiger partial charge in [-0.05, 0) is 44.6 Å². The van der Waals surface area contributed by atoms with Crippen molar-refractivity contribution in [3.05, 3.63) is 23.8 Å². The molecule has 0 amide bonds. The van der Waals surface area contributed by atoms with E-state index in [0.717, 1.165) is 31.3 Å². The number of aromatic hydroxyl groups is 1. The molecule has 0 spiro atoms. The molecule has 2 aliphatic heterocycles. The second kappa shape index (κ2) is 4.78. The van der Waals surface area contributed by atoms with Gasteiger partial charge in [-0.25, -0.2) is 0 Å². The number of likely N-dealkylation sites (tertiary alicyclic amines) is 1. The first kappa shape index (κ1) is 11.8. The molecule has 3 rings (SSSR count). The Morgan fingerprint density at radius 3 is 3.22 bits per heavy atom. The Balaban J connectivity index is 1.73. The van der Waals surface area contributed by atoms with Gasteiger partial charge in [-0.15, -0.1) is 0 Å². The van der Waals surface area contributed by atoms with E-state index in [1.807, 2.05) is 13.1 Å². The number of fused-ring (bicyclic) bond motifs is 1. The van der Waals surface area contributed by atoms with E-state index in [9.17, 15) is 5.11 Å². The number of nitrogens with one attached hydrogen (secondary N) is 1. The normalized spacial score (nSPS) is 27.2. The molecule has 1 aromatic carbocycles. The van der Waals surface area contributed by atoms with Crippen molar-refractivity contribution in [2.45, 2.75) is 12.5 Å². The van der Waals surface area contributed by atoms with Crippen LogP contribution >= 0.6 is 0 Å². The lowest BCUT2D eigenvalue weighted by molar-refractivity contribution is 0.189. The molecule has 0 radical (unpaired) electrons. The maximum Gasteiger partial charge on any atom is 0.127 e. The molecule has 98 valence electrons. The standard InChI is InChI=1S/C14H20N2O2/c1-15-7-10-4-5-16(8-10)13-9-18-14-6-11(17)2-3-12(13)14/h2-3,6,10,13,15,17H,4-5,7-9H2,1H3. The minimum absolute atomic E-state index is 0.281. The van der Waals surface area contributed by atoms with Gasteiger partial charge < -0.3 is 15.2 Å². The van der Waals surface area contributed by atoms with Gasteiger partial charge in [0.2, 0.25) is 0 Å². The highest BCUT2D eigenvalue weighted by Crippen LogP contribution is 2.39. The van der Waals surface area contributed by atoms with Crippen LogP contribution in [0.25, 0.3) is 0 Å². The van der Waals surface area contributed by atoms with Gasteiger partial charge in [-0.3, -0.25) is 4.90 Å². The first-order valence-electron chi connectivity index (χ1n) is 6.62. The molecule has 4 heteroatoms. The monoisotopic (exact) mass is 248 g/mol. The van der Waals surface area contributed by atoms with Crippen LogP contribution in [0.4, 0.5) is 0 Å². The van der Waals surface area contributed by atoms with Gasteiger partial charge in [0.1, 0.15) is 18.1 Å². The zero-order chi connectivity index (χ0) is 12.5. The number of phenols is 1. The quantitative estimate of drug-likeness (QED) is 0.848. The molecule has 18 heavy (non-hydrogen) atoms. The minimum Gasteiger partial charge on any atom is -0.508 e. The zero-order valence-corrected chi connectivity index (χ0v) is 10.7. The Kier molecular flexibility index (Phi) is 3.14. The third-order valence-corrected chi connectivity index (χ3v) is 4.00. The molecule has 0 aromatic heterocycles. The summed E-state index contributed by atoms with van der Waals surface area (Å²) in [5.74, 6) is 1.87. The van der Waals surface area contributed by atoms with E-state index >= 15 is 0 Å². The molecule has 2 aliphatic rings. The predicted molar refractivity (Wildman–Crippen MR) is 69.9 cm³/mol. The van der Waals surface area contributed by atoms with Crippen LogP contribution in [0.1, 0.15) is 18.0 Å². The van der Waals surface area contributed by atoms with Crippen LogP contribution < -0.4 is 10.1 Å². The highest BCUT2D eigenvalue weighted by Gasteiger charge is 2.34. The van der Waals surface area contributed by atoms with Crippen molar-refractivity contribution in [3.63, 3.8) is 0 Å². The minimum atomic E-state index is 0.281. The highest BCUT2D eigenvalue weighted by atomic mass is 16.5. The fourth-order valence-electron chi connectivity index (χ4n) is 3.08. The lowest BCUT2D eigenvalue weighted by atomic mass is 10.1. The molecule has 0 saturated carbocycles. The number of benzene rings is 1. The van der Waals surface area contributed by atoms with Crippen LogP contribution in [-0.2, 0) is 0 Å². The summed E-state index contributed by atoms with van der Waals surface area (Å²) in [5.41, 5.74) is 1.22. The highest BCUT2D eigenvalue weighted by molar-refractivity contribution is 5.44. The summed E-state index contributed by atoms with van der Waals surface area (Å²) >= 11 is 0. The van der Waals surface area contributed by atoms with Gasteiger partial charge in [-0.2, -0.15) is 0 Å². The van der Waals surface area contributed by atoms with Crippen LogP contribution in [0.3, 0.4) is 0 Å².